The topological polar surface area (TPSA) is 66.5 Å². The Hall–Kier alpha value is -1.47. The molecule has 0 saturated carbocycles. The number of benzene rings is 1. The molecule has 0 spiro atoms. The lowest BCUT2D eigenvalue weighted by atomic mass is 10.0. The number of carbonyl (C=O) groups excluding carboxylic acids is 1. The maximum Gasteiger partial charge on any atom is 0.234 e. The smallest absolute Gasteiger partial charge is 0.234 e. The van der Waals surface area contributed by atoms with Gasteiger partial charge < -0.3 is 5.32 Å². The second kappa shape index (κ2) is 6.57. The van der Waals surface area contributed by atoms with Crippen LogP contribution in [0.3, 0.4) is 0 Å². The number of carbonyl (C=O) groups is 1. The van der Waals surface area contributed by atoms with Gasteiger partial charge in [-0.3, -0.25) is 9.69 Å². The van der Waals surface area contributed by atoms with Gasteiger partial charge >= 0.3 is 0 Å². The van der Waals surface area contributed by atoms with E-state index >= 15 is 0 Å². The van der Waals surface area contributed by atoms with Gasteiger partial charge in [-0.05, 0) is 43.5 Å². The molecule has 23 heavy (non-hydrogen) atoms. The first-order valence-corrected chi connectivity index (χ1v) is 9.74. The van der Waals surface area contributed by atoms with E-state index < -0.39 is 9.84 Å². The average molecular weight is 340 g/mol. The van der Waals surface area contributed by atoms with Crippen LogP contribution in [0.25, 0.3) is 0 Å². The van der Waals surface area contributed by atoms with Crippen molar-refractivity contribution in [1.82, 2.24) is 10.2 Å². The van der Waals surface area contributed by atoms with Crippen molar-refractivity contribution in [2.45, 2.75) is 31.3 Å². The zero-order valence-electron chi connectivity index (χ0n) is 12.9. The van der Waals surface area contributed by atoms with Crippen LogP contribution in [0, 0.1) is 5.82 Å². The Balaban J connectivity index is 1.58. The van der Waals surface area contributed by atoms with Gasteiger partial charge in [0, 0.05) is 12.1 Å². The molecule has 0 aromatic heterocycles. The molecule has 7 heteroatoms. The van der Waals surface area contributed by atoms with Crippen LogP contribution >= 0.6 is 0 Å². The van der Waals surface area contributed by atoms with Crippen LogP contribution in [0.5, 0.6) is 0 Å². The summed E-state index contributed by atoms with van der Waals surface area (Å²) in [5.41, 5.74) is 1.01. The highest BCUT2D eigenvalue weighted by molar-refractivity contribution is 7.91. The summed E-state index contributed by atoms with van der Waals surface area (Å²) in [5.74, 6) is -0.209. The molecule has 2 aliphatic rings. The molecule has 0 aliphatic carbocycles. The van der Waals surface area contributed by atoms with Gasteiger partial charge in [-0.25, -0.2) is 12.8 Å². The molecule has 2 atom stereocenters. The van der Waals surface area contributed by atoms with Gasteiger partial charge in [0.05, 0.1) is 18.1 Å². The summed E-state index contributed by atoms with van der Waals surface area (Å²) in [6.07, 6.45) is 2.43. The van der Waals surface area contributed by atoms with Gasteiger partial charge in [0.2, 0.25) is 5.91 Å². The van der Waals surface area contributed by atoms with Gasteiger partial charge in [-0.2, -0.15) is 0 Å². The zero-order valence-corrected chi connectivity index (χ0v) is 13.7. The average Bonchev–Trinajstić information content (AvgIpc) is 3.06. The summed E-state index contributed by atoms with van der Waals surface area (Å²) >= 11 is 0. The maximum atomic E-state index is 13.0. The minimum Gasteiger partial charge on any atom is -0.351 e. The van der Waals surface area contributed by atoms with Gasteiger partial charge in [0.25, 0.3) is 0 Å². The quantitative estimate of drug-likeness (QED) is 0.896. The highest BCUT2D eigenvalue weighted by atomic mass is 32.2. The molecule has 2 heterocycles. The fourth-order valence-electron chi connectivity index (χ4n) is 3.44. The van der Waals surface area contributed by atoms with Gasteiger partial charge in [0.15, 0.2) is 9.84 Å². The molecule has 2 aliphatic heterocycles. The highest BCUT2D eigenvalue weighted by Gasteiger charge is 2.31. The second-order valence-corrected chi connectivity index (χ2v) is 8.58. The molecule has 2 saturated heterocycles. The Kier molecular flexibility index (Phi) is 4.68. The van der Waals surface area contributed by atoms with E-state index in [-0.39, 0.29) is 41.9 Å². The Morgan fingerprint density at radius 2 is 2.00 bits per heavy atom. The van der Waals surface area contributed by atoms with Crippen molar-refractivity contribution in [2.24, 2.45) is 0 Å². The Morgan fingerprint density at radius 1 is 1.26 bits per heavy atom. The molecule has 0 unspecified atom stereocenters. The van der Waals surface area contributed by atoms with Crippen LogP contribution < -0.4 is 5.32 Å². The maximum absolute atomic E-state index is 13.0. The number of nitrogens with one attached hydrogen (secondary N) is 1. The first-order valence-electron chi connectivity index (χ1n) is 7.92. The number of amides is 1. The Morgan fingerprint density at radius 3 is 2.65 bits per heavy atom. The third-order valence-corrected chi connectivity index (χ3v) is 6.33. The molecule has 0 bridgehead atoms. The normalized spacial score (nSPS) is 27.2. The van der Waals surface area contributed by atoms with Crippen LogP contribution in [-0.2, 0) is 14.6 Å². The fraction of sp³-hybridized carbons (Fsp3) is 0.562. The van der Waals surface area contributed by atoms with E-state index in [0.29, 0.717) is 6.42 Å². The van der Waals surface area contributed by atoms with Crippen molar-refractivity contribution < 1.29 is 17.6 Å². The van der Waals surface area contributed by atoms with Crippen molar-refractivity contribution in [3.63, 3.8) is 0 Å². The summed E-state index contributed by atoms with van der Waals surface area (Å²) in [7, 11) is -2.99. The molecule has 2 fully saturated rings. The second-order valence-electron chi connectivity index (χ2n) is 6.35. The molecule has 1 amide bonds. The van der Waals surface area contributed by atoms with E-state index in [9.17, 15) is 17.6 Å². The van der Waals surface area contributed by atoms with Crippen molar-refractivity contribution in [2.75, 3.05) is 24.6 Å². The number of rotatable bonds is 4. The molecule has 1 aromatic carbocycles. The monoisotopic (exact) mass is 340 g/mol. The Labute approximate surface area is 135 Å². The summed E-state index contributed by atoms with van der Waals surface area (Å²) in [6.45, 7) is 1.07. The first-order chi connectivity index (χ1) is 10.9. The van der Waals surface area contributed by atoms with Gasteiger partial charge in [-0.1, -0.05) is 12.1 Å². The van der Waals surface area contributed by atoms with E-state index in [0.717, 1.165) is 24.9 Å². The minimum atomic E-state index is -2.99. The van der Waals surface area contributed by atoms with E-state index in [1.807, 2.05) is 0 Å². The summed E-state index contributed by atoms with van der Waals surface area (Å²) in [6, 6.07) is 6.26. The van der Waals surface area contributed by atoms with Crippen molar-refractivity contribution in [3.8, 4) is 0 Å². The third kappa shape index (κ3) is 4.09. The standard InChI is InChI=1S/C16H21FN2O3S/c17-13-5-3-12(4-6-13)15-2-1-8-19(15)10-16(20)18-14-7-9-23(21,22)11-14/h3-6,14-15H,1-2,7-11H2,(H,18,20)/t14-,15-/m1/s1. The van der Waals surface area contributed by atoms with E-state index in [1.165, 1.54) is 12.1 Å². The highest BCUT2D eigenvalue weighted by Crippen LogP contribution is 2.31. The number of sulfone groups is 1. The molecular weight excluding hydrogens is 319 g/mol. The molecule has 1 aromatic rings. The first kappa shape index (κ1) is 16.4. The number of halogens is 1. The van der Waals surface area contributed by atoms with E-state index in [1.54, 1.807) is 12.1 Å². The lowest BCUT2D eigenvalue weighted by Crippen LogP contribution is -2.42. The molecule has 3 rings (SSSR count). The van der Waals surface area contributed by atoms with Crippen LogP contribution in [0.1, 0.15) is 30.9 Å². The summed E-state index contributed by atoms with van der Waals surface area (Å²) in [4.78, 5) is 14.3. The number of nitrogens with zero attached hydrogens (tertiary/aromatic N) is 1. The number of hydrogen-bond acceptors (Lipinski definition) is 4. The third-order valence-electron chi connectivity index (χ3n) is 4.56. The predicted octanol–water partition coefficient (Wildman–Crippen LogP) is 1.27. The summed E-state index contributed by atoms with van der Waals surface area (Å²) < 4.78 is 35.9. The predicted molar refractivity (Wildman–Crippen MR) is 85.1 cm³/mol. The zero-order chi connectivity index (χ0) is 16.4. The van der Waals surface area contributed by atoms with E-state index in [4.69, 9.17) is 0 Å². The molecule has 5 nitrogen and oxygen atoms in total. The van der Waals surface area contributed by atoms with Crippen LogP contribution in [0.2, 0.25) is 0 Å². The molecular formula is C16H21FN2O3S. The van der Waals surface area contributed by atoms with Crippen molar-refractivity contribution in [3.05, 3.63) is 35.6 Å². The van der Waals surface area contributed by atoms with Crippen molar-refractivity contribution >= 4 is 15.7 Å². The van der Waals surface area contributed by atoms with Crippen LogP contribution in [-0.4, -0.2) is 49.9 Å². The van der Waals surface area contributed by atoms with E-state index in [2.05, 4.69) is 10.2 Å². The minimum absolute atomic E-state index is 0.0418. The number of likely N-dealkylation sites (tertiary alicyclic amines) is 1. The van der Waals surface area contributed by atoms with Crippen LogP contribution in [0.15, 0.2) is 24.3 Å². The lowest BCUT2D eigenvalue weighted by molar-refractivity contribution is -0.123. The van der Waals surface area contributed by atoms with Gasteiger partial charge in [0.1, 0.15) is 5.82 Å². The number of hydrogen-bond donors (Lipinski definition) is 1. The summed E-state index contributed by atoms with van der Waals surface area (Å²) in [5, 5.41) is 2.82. The molecule has 1 N–H and O–H groups in total. The molecule has 0 radical (unpaired) electrons. The van der Waals surface area contributed by atoms with Crippen molar-refractivity contribution in [1.29, 1.82) is 0 Å². The fourth-order valence-corrected chi connectivity index (χ4v) is 5.12. The Bertz CT molecular complexity index is 675. The van der Waals surface area contributed by atoms with Crippen LogP contribution in [0.4, 0.5) is 4.39 Å². The molecule has 126 valence electrons. The SMILES string of the molecule is O=C(CN1CCC[C@@H]1c1ccc(F)cc1)N[C@@H]1CCS(=O)(=O)C1. The lowest BCUT2D eigenvalue weighted by Gasteiger charge is -2.25. The largest absolute Gasteiger partial charge is 0.351 e. The van der Waals surface area contributed by atoms with Gasteiger partial charge in [-0.15, -0.1) is 0 Å².